The lowest BCUT2D eigenvalue weighted by molar-refractivity contribution is 0.0696. The Kier molecular flexibility index (Phi) is 1.48. The molecule has 2 rings (SSSR count). The zero-order valence-electron chi connectivity index (χ0n) is 6.31. The van der Waals surface area contributed by atoms with Gasteiger partial charge in [-0.2, -0.15) is 0 Å². The van der Waals surface area contributed by atoms with Crippen LogP contribution in [0.5, 0.6) is 0 Å². The highest BCUT2D eigenvalue weighted by Gasteiger charge is 2.09. The first-order valence-electron chi connectivity index (χ1n) is 3.40. The van der Waals surface area contributed by atoms with Crippen molar-refractivity contribution in [2.24, 2.45) is 0 Å². The summed E-state index contributed by atoms with van der Waals surface area (Å²) < 4.78 is 14.3. The standard InChI is InChI=1S/C7H4FN3O2/c8-5-1-4(7(12)13)2-11-3-9-10-6(5)11/h1-3H,(H,12,13). The SMILES string of the molecule is O=C(O)c1cc(F)c2nncn2c1. The Morgan fingerprint density at radius 2 is 2.38 bits per heavy atom. The fourth-order valence-corrected chi connectivity index (χ4v) is 1.01. The molecule has 1 N–H and O–H groups in total. The van der Waals surface area contributed by atoms with Crippen LogP contribution in [0.1, 0.15) is 10.4 Å². The molecule has 2 aromatic rings. The molecule has 0 bridgehead atoms. The number of fused-ring (bicyclic) bond motifs is 1. The Morgan fingerprint density at radius 3 is 3.08 bits per heavy atom. The number of carboxylic acids is 1. The van der Waals surface area contributed by atoms with E-state index in [1.165, 1.54) is 16.9 Å². The van der Waals surface area contributed by atoms with Crippen LogP contribution >= 0.6 is 0 Å². The van der Waals surface area contributed by atoms with Crippen LogP contribution in [0.15, 0.2) is 18.6 Å². The highest BCUT2D eigenvalue weighted by molar-refractivity contribution is 5.87. The number of nitrogens with zero attached hydrogens (tertiary/aromatic N) is 3. The van der Waals surface area contributed by atoms with Gasteiger partial charge in [0.2, 0.25) is 0 Å². The van der Waals surface area contributed by atoms with E-state index in [2.05, 4.69) is 10.2 Å². The van der Waals surface area contributed by atoms with Crippen molar-refractivity contribution in [2.45, 2.75) is 0 Å². The number of halogens is 1. The first kappa shape index (κ1) is 7.66. The first-order chi connectivity index (χ1) is 6.18. The fourth-order valence-electron chi connectivity index (χ4n) is 1.01. The van der Waals surface area contributed by atoms with Crippen molar-refractivity contribution in [2.75, 3.05) is 0 Å². The maximum absolute atomic E-state index is 13.1. The van der Waals surface area contributed by atoms with E-state index < -0.39 is 11.8 Å². The van der Waals surface area contributed by atoms with Crippen LogP contribution in [-0.2, 0) is 0 Å². The third-order valence-electron chi connectivity index (χ3n) is 1.59. The minimum Gasteiger partial charge on any atom is -0.478 e. The van der Waals surface area contributed by atoms with Crippen molar-refractivity contribution in [3.05, 3.63) is 30.0 Å². The average Bonchev–Trinajstić information content (AvgIpc) is 2.51. The Bertz CT molecular complexity index is 480. The molecular formula is C7H4FN3O2. The maximum Gasteiger partial charge on any atom is 0.337 e. The third-order valence-corrected chi connectivity index (χ3v) is 1.59. The summed E-state index contributed by atoms with van der Waals surface area (Å²) >= 11 is 0. The predicted molar refractivity (Wildman–Crippen MR) is 39.9 cm³/mol. The second-order valence-corrected chi connectivity index (χ2v) is 2.44. The van der Waals surface area contributed by atoms with Crippen LogP contribution < -0.4 is 0 Å². The van der Waals surface area contributed by atoms with E-state index >= 15 is 0 Å². The molecular weight excluding hydrogens is 177 g/mol. The molecule has 0 spiro atoms. The lowest BCUT2D eigenvalue weighted by Crippen LogP contribution is -2.00. The molecule has 0 aliphatic rings. The van der Waals surface area contributed by atoms with E-state index in [4.69, 9.17) is 5.11 Å². The number of carboxylic acid groups (broad SMARTS) is 1. The van der Waals surface area contributed by atoms with Crippen molar-refractivity contribution in [1.82, 2.24) is 14.6 Å². The quantitative estimate of drug-likeness (QED) is 0.698. The zero-order chi connectivity index (χ0) is 9.42. The van der Waals surface area contributed by atoms with Crippen molar-refractivity contribution < 1.29 is 14.3 Å². The number of carbonyl (C=O) groups is 1. The van der Waals surface area contributed by atoms with E-state index in [0.29, 0.717) is 0 Å². The highest BCUT2D eigenvalue weighted by atomic mass is 19.1. The molecule has 0 saturated heterocycles. The third kappa shape index (κ3) is 1.12. The smallest absolute Gasteiger partial charge is 0.337 e. The number of aromatic carboxylic acids is 1. The molecule has 0 unspecified atom stereocenters. The van der Waals surface area contributed by atoms with Gasteiger partial charge in [-0.25, -0.2) is 9.18 Å². The molecule has 13 heavy (non-hydrogen) atoms. The fraction of sp³-hybridized carbons (Fsp3) is 0. The molecule has 5 nitrogen and oxygen atoms in total. The van der Waals surface area contributed by atoms with Gasteiger partial charge in [-0.1, -0.05) is 0 Å². The lowest BCUT2D eigenvalue weighted by atomic mass is 10.3. The number of pyridine rings is 1. The second-order valence-electron chi connectivity index (χ2n) is 2.44. The Hall–Kier alpha value is -1.98. The van der Waals surface area contributed by atoms with Gasteiger partial charge in [-0.05, 0) is 6.07 Å². The van der Waals surface area contributed by atoms with E-state index in [0.717, 1.165) is 6.07 Å². The van der Waals surface area contributed by atoms with Crippen LogP contribution in [0.25, 0.3) is 5.65 Å². The summed E-state index contributed by atoms with van der Waals surface area (Å²) in [7, 11) is 0. The van der Waals surface area contributed by atoms with Gasteiger partial charge in [0.25, 0.3) is 0 Å². The first-order valence-corrected chi connectivity index (χ1v) is 3.40. The molecule has 2 heterocycles. The molecule has 0 radical (unpaired) electrons. The van der Waals surface area contributed by atoms with Crippen LogP contribution in [0.3, 0.4) is 0 Å². The zero-order valence-corrected chi connectivity index (χ0v) is 6.31. The molecule has 0 atom stereocenters. The van der Waals surface area contributed by atoms with Crippen molar-refractivity contribution >= 4 is 11.6 Å². The average molecular weight is 181 g/mol. The Morgan fingerprint density at radius 1 is 1.62 bits per heavy atom. The van der Waals surface area contributed by atoms with Gasteiger partial charge in [0.05, 0.1) is 5.56 Å². The Labute approximate surface area is 71.4 Å². The van der Waals surface area contributed by atoms with E-state index in [1.54, 1.807) is 0 Å². The molecule has 0 aromatic carbocycles. The Balaban J connectivity index is 2.77. The molecule has 0 aliphatic carbocycles. The minimum absolute atomic E-state index is 0.0185. The number of aromatic nitrogens is 3. The monoisotopic (exact) mass is 181 g/mol. The lowest BCUT2D eigenvalue weighted by Gasteiger charge is -1.96. The van der Waals surface area contributed by atoms with Crippen LogP contribution in [-0.4, -0.2) is 25.7 Å². The molecule has 2 aromatic heterocycles. The molecule has 6 heteroatoms. The summed E-state index contributed by atoms with van der Waals surface area (Å²) in [6.07, 6.45) is 2.49. The minimum atomic E-state index is -1.19. The van der Waals surface area contributed by atoms with Crippen LogP contribution in [0.4, 0.5) is 4.39 Å². The topological polar surface area (TPSA) is 67.5 Å². The molecule has 0 saturated carbocycles. The number of rotatable bonds is 1. The van der Waals surface area contributed by atoms with Crippen LogP contribution in [0, 0.1) is 5.82 Å². The van der Waals surface area contributed by atoms with Crippen molar-refractivity contribution in [3.8, 4) is 0 Å². The van der Waals surface area contributed by atoms with E-state index in [1.807, 2.05) is 0 Å². The van der Waals surface area contributed by atoms with Gasteiger partial charge < -0.3 is 5.11 Å². The van der Waals surface area contributed by atoms with Gasteiger partial charge >= 0.3 is 5.97 Å². The number of hydrogen-bond donors (Lipinski definition) is 1. The van der Waals surface area contributed by atoms with Gasteiger partial charge in [-0.3, -0.25) is 4.40 Å². The van der Waals surface area contributed by atoms with Gasteiger partial charge in [0, 0.05) is 6.20 Å². The highest BCUT2D eigenvalue weighted by Crippen LogP contribution is 2.08. The molecule has 0 fully saturated rings. The summed E-state index contributed by atoms with van der Waals surface area (Å²) in [5.41, 5.74) is -0.116. The van der Waals surface area contributed by atoms with E-state index in [9.17, 15) is 9.18 Å². The van der Waals surface area contributed by atoms with Gasteiger partial charge in [0.15, 0.2) is 11.5 Å². The maximum atomic E-state index is 13.1. The summed E-state index contributed by atoms with van der Waals surface area (Å²) in [5.74, 6) is -1.88. The normalized spacial score (nSPS) is 10.5. The second kappa shape index (κ2) is 2.51. The molecule has 66 valence electrons. The van der Waals surface area contributed by atoms with Gasteiger partial charge in [-0.15, -0.1) is 10.2 Å². The largest absolute Gasteiger partial charge is 0.478 e. The summed E-state index contributed by atoms with van der Waals surface area (Å²) in [4.78, 5) is 10.5. The predicted octanol–water partition coefficient (Wildman–Crippen LogP) is 0.567. The van der Waals surface area contributed by atoms with Gasteiger partial charge in [0.1, 0.15) is 6.33 Å². The van der Waals surface area contributed by atoms with Crippen molar-refractivity contribution in [1.29, 1.82) is 0 Å². The number of hydrogen-bond acceptors (Lipinski definition) is 3. The van der Waals surface area contributed by atoms with Crippen LogP contribution in [0.2, 0.25) is 0 Å². The molecule has 0 amide bonds. The summed E-state index contributed by atoms with van der Waals surface area (Å²) in [5, 5.41) is 15.5. The van der Waals surface area contributed by atoms with E-state index in [-0.39, 0.29) is 11.2 Å². The summed E-state index contributed by atoms with van der Waals surface area (Å²) in [6.45, 7) is 0. The molecule has 0 aliphatic heterocycles. The summed E-state index contributed by atoms with van der Waals surface area (Å²) in [6, 6.07) is 0.909. The van der Waals surface area contributed by atoms with Crippen molar-refractivity contribution in [3.63, 3.8) is 0 Å².